The van der Waals surface area contributed by atoms with Gasteiger partial charge in [-0.25, -0.2) is 4.98 Å². The summed E-state index contributed by atoms with van der Waals surface area (Å²) >= 11 is 13.3. The van der Waals surface area contributed by atoms with Gasteiger partial charge in [-0.15, -0.1) is 0 Å². The van der Waals surface area contributed by atoms with Crippen LogP contribution in [-0.2, 0) is 23.9 Å². The fourth-order valence-electron chi connectivity index (χ4n) is 4.73. The van der Waals surface area contributed by atoms with Gasteiger partial charge in [-0.05, 0) is 74.5 Å². The van der Waals surface area contributed by atoms with Gasteiger partial charge in [-0.2, -0.15) is 13.2 Å². The van der Waals surface area contributed by atoms with Crippen LogP contribution in [0, 0.1) is 19.8 Å². The number of likely N-dealkylation sites (tertiary alicyclic amines) is 1. The molecule has 0 saturated carbocycles. The minimum atomic E-state index is -4.45. The molecule has 1 aliphatic rings. The van der Waals surface area contributed by atoms with Crippen LogP contribution < -0.4 is 0 Å². The van der Waals surface area contributed by atoms with Gasteiger partial charge in [0, 0.05) is 36.3 Å². The van der Waals surface area contributed by atoms with Crippen molar-refractivity contribution in [2.75, 3.05) is 13.1 Å². The van der Waals surface area contributed by atoms with Crippen LogP contribution in [0.4, 0.5) is 13.2 Å². The number of carbonyl (C=O) groups is 1. The fraction of sp³-hybridized carbons (Fsp3) is 0.440. The molecule has 0 atom stereocenters. The van der Waals surface area contributed by atoms with Crippen LogP contribution in [0.1, 0.15) is 52.9 Å². The van der Waals surface area contributed by atoms with Gasteiger partial charge >= 0.3 is 12.1 Å². The Hall–Kier alpha value is -2.29. The highest BCUT2D eigenvalue weighted by atomic mass is 35.5. The van der Waals surface area contributed by atoms with Gasteiger partial charge in [0.25, 0.3) is 0 Å². The average molecular weight is 528 g/mol. The number of aliphatic carboxylic acids is 1. The topological polar surface area (TPSA) is 57.8 Å². The molecule has 1 aliphatic heterocycles. The molecular formula is C25H26Cl2F3N3O2. The summed E-state index contributed by atoms with van der Waals surface area (Å²) in [5.74, 6) is -0.569. The molecule has 10 heteroatoms. The predicted octanol–water partition coefficient (Wildman–Crippen LogP) is 6.55. The highest BCUT2D eigenvalue weighted by molar-refractivity contribution is 6.36. The number of alkyl halides is 3. The van der Waals surface area contributed by atoms with Gasteiger partial charge in [0.2, 0.25) is 0 Å². The standard InChI is InChI=1S/C25H26Cl2F3N3O2/c1-14-9-18(25(28,29)30)13-33-15(2)21(31-24(14)33)11-19-20(26)4-3-17(23(19)27)12-32-7-5-16(6-8-32)10-22(34)35/h3-4,9,13,16H,5-8,10-12H2,1-2H3,(H,34,35). The molecule has 1 N–H and O–H groups in total. The van der Waals surface area contributed by atoms with Crippen LogP contribution in [0.5, 0.6) is 0 Å². The van der Waals surface area contributed by atoms with Crippen molar-refractivity contribution in [2.45, 2.75) is 52.3 Å². The van der Waals surface area contributed by atoms with Gasteiger partial charge in [-0.3, -0.25) is 9.69 Å². The van der Waals surface area contributed by atoms with Gasteiger partial charge < -0.3 is 9.51 Å². The Labute approximate surface area is 211 Å². The molecule has 188 valence electrons. The summed E-state index contributed by atoms with van der Waals surface area (Å²) in [6.45, 7) is 5.54. The molecule has 1 fully saturated rings. The van der Waals surface area contributed by atoms with Crippen molar-refractivity contribution in [3.63, 3.8) is 0 Å². The lowest BCUT2D eigenvalue weighted by Crippen LogP contribution is -2.34. The zero-order valence-electron chi connectivity index (χ0n) is 19.4. The first-order valence-corrected chi connectivity index (χ1v) is 12.1. The number of hydrogen-bond acceptors (Lipinski definition) is 3. The van der Waals surface area contributed by atoms with Crippen LogP contribution in [0.15, 0.2) is 24.4 Å². The summed E-state index contributed by atoms with van der Waals surface area (Å²) in [5.41, 5.74) is 2.99. The summed E-state index contributed by atoms with van der Waals surface area (Å²) in [6.07, 6.45) is -1.24. The Kier molecular flexibility index (Phi) is 7.36. The minimum Gasteiger partial charge on any atom is -0.481 e. The van der Waals surface area contributed by atoms with E-state index < -0.39 is 17.7 Å². The number of carboxylic acid groups (broad SMARTS) is 1. The van der Waals surface area contributed by atoms with Crippen LogP contribution in [0.3, 0.4) is 0 Å². The van der Waals surface area contributed by atoms with E-state index in [9.17, 15) is 18.0 Å². The quantitative estimate of drug-likeness (QED) is 0.394. The normalized spacial score (nSPS) is 15.7. The number of carboxylic acids is 1. The van der Waals surface area contributed by atoms with Crippen molar-refractivity contribution in [3.05, 3.63) is 68.1 Å². The first-order chi connectivity index (χ1) is 16.4. The number of aryl methyl sites for hydroxylation is 2. The summed E-state index contributed by atoms with van der Waals surface area (Å²) in [6, 6.07) is 4.77. The SMILES string of the molecule is Cc1cc(C(F)(F)F)cn2c(C)c(Cc3c(Cl)ccc(CN4CCC(CC(=O)O)CC4)c3Cl)nc12. The molecule has 0 bridgehead atoms. The molecule has 1 saturated heterocycles. The summed E-state index contributed by atoms with van der Waals surface area (Å²) < 4.78 is 41.4. The first kappa shape index (κ1) is 25.8. The van der Waals surface area contributed by atoms with Crippen molar-refractivity contribution in [2.24, 2.45) is 5.92 Å². The van der Waals surface area contributed by atoms with E-state index in [1.807, 2.05) is 6.07 Å². The number of hydrogen-bond donors (Lipinski definition) is 1. The van der Waals surface area contributed by atoms with Crippen molar-refractivity contribution < 1.29 is 23.1 Å². The maximum Gasteiger partial charge on any atom is 0.417 e. The Balaban J connectivity index is 1.57. The Morgan fingerprint density at radius 3 is 2.51 bits per heavy atom. The zero-order valence-corrected chi connectivity index (χ0v) is 20.9. The second-order valence-corrected chi connectivity index (χ2v) is 10.0. The predicted molar refractivity (Wildman–Crippen MR) is 129 cm³/mol. The van der Waals surface area contributed by atoms with Gasteiger partial charge in [0.1, 0.15) is 5.65 Å². The number of fused-ring (bicyclic) bond motifs is 1. The van der Waals surface area contributed by atoms with Crippen molar-refractivity contribution >= 4 is 34.8 Å². The highest BCUT2D eigenvalue weighted by Crippen LogP contribution is 2.34. The number of imidazole rings is 1. The lowest BCUT2D eigenvalue weighted by Gasteiger charge is -2.31. The van der Waals surface area contributed by atoms with Crippen molar-refractivity contribution in [1.29, 1.82) is 0 Å². The molecule has 1 aromatic carbocycles. The van der Waals surface area contributed by atoms with E-state index in [1.54, 1.807) is 19.9 Å². The molecule has 0 aliphatic carbocycles. The molecule has 0 radical (unpaired) electrons. The number of aromatic nitrogens is 2. The van der Waals surface area contributed by atoms with Crippen molar-refractivity contribution in [1.82, 2.24) is 14.3 Å². The maximum atomic E-state index is 13.3. The summed E-state index contributed by atoms with van der Waals surface area (Å²) in [5, 5.41) is 10.0. The molecule has 35 heavy (non-hydrogen) atoms. The second-order valence-electron chi connectivity index (χ2n) is 9.24. The smallest absolute Gasteiger partial charge is 0.417 e. The molecule has 3 heterocycles. The number of pyridine rings is 1. The minimum absolute atomic E-state index is 0.194. The number of benzene rings is 1. The van der Waals surface area contributed by atoms with E-state index in [4.69, 9.17) is 28.3 Å². The molecular weight excluding hydrogens is 502 g/mol. The maximum absolute atomic E-state index is 13.3. The third-order valence-corrected chi connectivity index (χ3v) is 7.57. The first-order valence-electron chi connectivity index (χ1n) is 11.4. The van der Waals surface area contributed by atoms with E-state index in [1.165, 1.54) is 4.40 Å². The third kappa shape index (κ3) is 5.60. The zero-order chi connectivity index (χ0) is 25.5. The number of halogens is 5. The van der Waals surface area contributed by atoms with Gasteiger partial charge in [-0.1, -0.05) is 29.3 Å². The van der Waals surface area contributed by atoms with Gasteiger partial charge in [0.15, 0.2) is 0 Å². The molecule has 2 aromatic heterocycles. The van der Waals surface area contributed by atoms with Crippen LogP contribution in [0.25, 0.3) is 5.65 Å². The molecule has 0 unspecified atom stereocenters. The van der Waals surface area contributed by atoms with Gasteiger partial charge in [0.05, 0.1) is 16.3 Å². The number of rotatable bonds is 6. The summed E-state index contributed by atoms with van der Waals surface area (Å²) in [4.78, 5) is 17.8. The average Bonchev–Trinajstić information content (AvgIpc) is 3.09. The van der Waals surface area contributed by atoms with E-state index in [2.05, 4.69) is 9.88 Å². The molecule has 4 rings (SSSR count). The monoisotopic (exact) mass is 527 g/mol. The summed E-state index contributed by atoms with van der Waals surface area (Å²) in [7, 11) is 0. The fourth-order valence-corrected chi connectivity index (χ4v) is 5.29. The van der Waals surface area contributed by atoms with Crippen LogP contribution in [-0.4, -0.2) is 38.4 Å². The Morgan fingerprint density at radius 2 is 1.89 bits per heavy atom. The molecule has 0 amide bonds. The van der Waals surface area contributed by atoms with E-state index >= 15 is 0 Å². The molecule has 3 aromatic rings. The Morgan fingerprint density at radius 1 is 1.20 bits per heavy atom. The van der Waals surface area contributed by atoms with E-state index in [0.717, 1.165) is 43.8 Å². The Bertz CT molecular complexity index is 1270. The molecule has 0 spiro atoms. The lowest BCUT2D eigenvalue weighted by atomic mass is 9.93. The van der Waals surface area contributed by atoms with Crippen LogP contribution in [0.2, 0.25) is 10.0 Å². The van der Waals surface area contributed by atoms with E-state index in [0.29, 0.717) is 51.2 Å². The second kappa shape index (κ2) is 9.99. The van der Waals surface area contributed by atoms with Crippen LogP contribution >= 0.6 is 23.2 Å². The van der Waals surface area contributed by atoms with Crippen molar-refractivity contribution in [3.8, 4) is 0 Å². The molecule has 5 nitrogen and oxygen atoms in total. The largest absolute Gasteiger partial charge is 0.481 e. The number of nitrogens with zero attached hydrogens (tertiary/aromatic N) is 3. The lowest BCUT2D eigenvalue weighted by molar-refractivity contribution is -0.139. The number of piperidine rings is 1. The van der Waals surface area contributed by atoms with E-state index in [-0.39, 0.29) is 12.3 Å². The highest BCUT2D eigenvalue weighted by Gasteiger charge is 2.32. The third-order valence-electron chi connectivity index (χ3n) is 6.74.